The molecule has 0 spiro atoms. The Balaban J connectivity index is 0.00000192. The van der Waals surface area contributed by atoms with Crippen LogP contribution in [0.3, 0.4) is 0 Å². The molecule has 6 nitrogen and oxygen atoms in total. The molecule has 0 saturated carbocycles. The summed E-state index contributed by atoms with van der Waals surface area (Å²) in [7, 11) is 0. The highest BCUT2D eigenvalue weighted by molar-refractivity contribution is 7.16. The van der Waals surface area contributed by atoms with Crippen molar-refractivity contribution in [1.29, 1.82) is 0 Å². The van der Waals surface area contributed by atoms with E-state index in [0.29, 0.717) is 6.54 Å². The predicted octanol–water partition coefficient (Wildman–Crippen LogP) is 3.00. The van der Waals surface area contributed by atoms with Gasteiger partial charge in [0.1, 0.15) is 23.0 Å². The number of hydrogen-bond donors (Lipinski definition) is 2. The molecule has 5 rings (SSSR count). The number of thiophene rings is 1. The number of amides is 1. The molecule has 1 fully saturated rings. The summed E-state index contributed by atoms with van der Waals surface area (Å²) in [6.45, 7) is 3.27. The SMILES string of the molecule is Cl.O=C(NCc1ccc2c(c1)CNC2)C1CCCN1c1ncnc2sccc12. The predicted molar refractivity (Wildman–Crippen MR) is 114 cm³/mol. The zero-order chi connectivity index (χ0) is 18.2. The molecular weight excluding hydrogens is 394 g/mol. The van der Waals surface area contributed by atoms with E-state index in [9.17, 15) is 4.79 Å². The van der Waals surface area contributed by atoms with Gasteiger partial charge in [0, 0.05) is 26.2 Å². The zero-order valence-electron chi connectivity index (χ0n) is 15.4. The van der Waals surface area contributed by atoms with Crippen LogP contribution in [0.5, 0.6) is 0 Å². The molecule has 0 radical (unpaired) electrons. The second-order valence-corrected chi connectivity index (χ2v) is 8.01. The molecule has 1 saturated heterocycles. The fourth-order valence-electron chi connectivity index (χ4n) is 4.06. The van der Waals surface area contributed by atoms with Gasteiger partial charge in [-0.2, -0.15) is 0 Å². The first-order chi connectivity index (χ1) is 13.3. The number of carbonyl (C=O) groups excluding carboxylic acids is 1. The van der Waals surface area contributed by atoms with Gasteiger partial charge < -0.3 is 15.5 Å². The molecule has 2 N–H and O–H groups in total. The van der Waals surface area contributed by atoms with Crippen molar-refractivity contribution in [2.45, 2.75) is 38.5 Å². The van der Waals surface area contributed by atoms with E-state index in [1.165, 1.54) is 11.1 Å². The third-order valence-electron chi connectivity index (χ3n) is 5.44. The number of nitrogens with one attached hydrogen (secondary N) is 2. The molecule has 2 aromatic heterocycles. The number of fused-ring (bicyclic) bond motifs is 2. The maximum atomic E-state index is 12.9. The van der Waals surface area contributed by atoms with Crippen molar-refractivity contribution in [1.82, 2.24) is 20.6 Å². The van der Waals surface area contributed by atoms with Gasteiger partial charge >= 0.3 is 0 Å². The van der Waals surface area contributed by atoms with Crippen molar-refractivity contribution < 1.29 is 4.79 Å². The Morgan fingerprint density at radius 1 is 1.25 bits per heavy atom. The van der Waals surface area contributed by atoms with E-state index in [-0.39, 0.29) is 24.4 Å². The fourth-order valence-corrected chi connectivity index (χ4v) is 4.79. The number of hydrogen-bond acceptors (Lipinski definition) is 6. The highest BCUT2D eigenvalue weighted by Crippen LogP contribution is 2.31. The molecule has 1 amide bonds. The Morgan fingerprint density at radius 3 is 3.07 bits per heavy atom. The molecule has 4 heterocycles. The molecule has 0 bridgehead atoms. The highest BCUT2D eigenvalue weighted by atomic mass is 35.5. The van der Waals surface area contributed by atoms with Gasteiger partial charge in [-0.15, -0.1) is 23.7 Å². The summed E-state index contributed by atoms with van der Waals surface area (Å²) in [6, 6.07) is 8.34. The van der Waals surface area contributed by atoms with E-state index < -0.39 is 0 Å². The fraction of sp³-hybridized carbons (Fsp3) is 0.350. The summed E-state index contributed by atoms with van der Waals surface area (Å²) in [5.74, 6) is 0.954. The van der Waals surface area contributed by atoms with Crippen LogP contribution in [-0.2, 0) is 24.4 Å². The molecule has 2 aliphatic rings. The van der Waals surface area contributed by atoms with Gasteiger partial charge in [-0.05, 0) is 41.0 Å². The van der Waals surface area contributed by atoms with Gasteiger partial charge in [-0.1, -0.05) is 18.2 Å². The van der Waals surface area contributed by atoms with Gasteiger partial charge in [-0.3, -0.25) is 4.79 Å². The highest BCUT2D eigenvalue weighted by Gasteiger charge is 2.32. The van der Waals surface area contributed by atoms with Crippen molar-refractivity contribution in [3.8, 4) is 0 Å². The maximum absolute atomic E-state index is 12.9. The Hall–Kier alpha value is -2.22. The van der Waals surface area contributed by atoms with E-state index in [1.54, 1.807) is 17.7 Å². The zero-order valence-corrected chi connectivity index (χ0v) is 17.0. The van der Waals surface area contributed by atoms with Crippen LogP contribution < -0.4 is 15.5 Å². The number of benzene rings is 1. The molecule has 2 aliphatic heterocycles. The standard InChI is InChI=1S/C20H21N5OS.ClH/c26-19(22-9-13-3-4-14-10-21-11-15(14)8-13)17-2-1-6-25(17)18-16-5-7-27-20(16)24-12-23-18;/h3-5,7-8,12,17,21H,1-2,6,9-11H2,(H,22,26);1H. The monoisotopic (exact) mass is 415 g/mol. The summed E-state index contributed by atoms with van der Waals surface area (Å²) in [6.07, 6.45) is 3.45. The van der Waals surface area contributed by atoms with Crippen molar-refractivity contribution in [3.63, 3.8) is 0 Å². The smallest absolute Gasteiger partial charge is 0.243 e. The normalized spacial score (nSPS) is 18.1. The average Bonchev–Trinajstić information content (AvgIpc) is 3.45. The van der Waals surface area contributed by atoms with Crippen molar-refractivity contribution in [2.24, 2.45) is 0 Å². The van der Waals surface area contributed by atoms with Crippen LogP contribution in [0.2, 0.25) is 0 Å². The first kappa shape index (κ1) is 19.1. The van der Waals surface area contributed by atoms with Crippen LogP contribution in [0, 0.1) is 0 Å². The molecule has 3 aromatic rings. The molecule has 1 unspecified atom stereocenters. The third-order valence-corrected chi connectivity index (χ3v) is 6.26. The lowest BCUT2D eigenvalue weighted by Gasteiger charge is -2.25. The van der Waals surface area contributed by atoms with Crippen LogP contribution in [0.1, 0.15) is 29.5 Å². The number of rotatable bonds is 4. The minimum atomic E-state index is -0.168. The van der Waals surface area contributed by atoms with Crippen LogP contribution in [-0.4, -0.2) is 28.5 Å². The number of halogens is 1. The van der Waals surface area contributed by atoms with Gasteiger partial charge in [0.25, 0.3) is 0 Å². The van der Waals surface area contributed by atoms with E-state index in [2.05, 4.69) is 43.7 Å². The second-order valence-electron chi connectivity index (χ2n) is 7.11. The minimum Gasteiger partial charge on any atom is -0.350 e. The Morgan fingerprint density at radius 2 is 2.14 bits per heavy atom. The summed E-state index contributed by atoms with van der Waals surface area (Å²) in [5, 5.41) is 9.55. The first-order valence-electron chi connectivity index (χ1n) is 9.33. The lowest BCUT2D eigenvalue weighted by atomic mass is 10.1. The van der Waals surface area contributed by atoms with Crippen molar-refractivity contribution in [2.75, 3.05) is 11.4 Å². The third kappa shape index (κ3) is 3.45. The molecule has 28 heavy (non-hydrogen) atoms. The van der Waals surface area contributed by atoms with Crippen LogP contribution >= 0.6 is 23.7 Å². The van der Waals surface area contributed by atoms with Crippen LogP contribution in [0.4, 0.5) is 5.82 Å². The van der Waals surface area contributed by atoms with E-state index in [4.69, 9.17) is 0 Å². The topological polar surface area (TPSA) is 70.2 Å². The molecular formula is C20H22ClN5OS. The minimum absolute atomic E-state index is 0. The largest absolute Gasteiger partial charge is 0.350 e. The molecule has 0 aliphatic carbocycles. The van der Waals surface area contributed by atoms with Crippen LogP contribution in [0.25, 0.3) is 10.2 Å². The number of anilines is 1. The molecule has 8 heteroatoms. The Labute approximate surface area is 173 Å². The molecule has 146 valence electrons. The lowest BCUT2D eigenvalue weighted by Crippen LogP contribution is -2.43. The van der Waals surface area contributed by atoms with Gasteiger partial charge in [0.05, 0.1) is 5.39 Å². The van der Waals surface area contributed by atoms with Crippen molar-refractivity contribution in [3.05, 3.63) is 52.7 Å². The average molecular weight is 416 g/mol. The number of carbonyl (C=O) groups is 1. The van der Waals surface area contributed by atoms with Gasteiger partial charge in [-0.25, -0.2) is 9.97 Å². The van der Waals surface area contributed by atoms with E-state index in [0.717, 1.165) is 54.1 Å². The number of nitrogens with zero attached hydrogens (tertiary/aromatic N) is 3. The van der Waals surface area contributed by atoms with Crippen molar-refractivity contribution >= 4 is 45.7 Å². The molecule has 1 aromatic carbocycles. The second kappa shape index (κ2) is 8.03. The summed E-state index contributed by atoms with van der Waals surface area (Å²) < 4.78 is 0. The quantitative estimate of drug-likeness (QED) is 0.685. The lowest BCUT2D eigenvalue weighted by molar-refractivity contribution is -0.122. The van der Waals surface area contributed by atoms with E-state index in [1.807, 2.05) is 11.4 Å². The van der Waals surface area contributed by atoms with E-state index >= 15 is 0 Å². The summed E-state index contributed by atoms with van der Waals surface area (Å²) in [5.41, 5.74) is 3.85. The van der Waals surface area contributed by atoms with Gasteiger partial charge in [0.2, 0.25) is 5.91 Å². The maximum Gasteiger partial charge on any atom is 0.243 e. The summed E-state index contributed by atoms with van der Waals surface area (Å²) >= 11 is 1.60. The first-order valence-corrected chi connectivity index (χ1v) is 10.2. The van der Waals surface area contributed by atoms with Gasteiger partial charge in [0.15, 0.2) is 0 Å². The van der Waals surface area contributed by atoms with Crippen LogP contribution in [0.15, 0.2) is 36.0 Å². The Kier molecular flexibility index (Phi) is 5.48. The summed E-state index contributed by atoms with van der Waals surface area (Å²) in [4.78, 5) is 24.8. The Bertz CT molecular complexity index is 1010. The number of aromatic nitrogens is 2. The molecule has 1 atom stereocenters.